The van der Waals surface area contributed by atoms with E-state index in [-0.39, 0.29) is 24.5 Å². The average molecular weight is 933 g/mol. The summed E-state index contributed by atoms with van der Waals surface area (Å²) < 4.78 is 12.2. The normalized spacial score (nSPS) is 12.4. The number of carbonyl (C=O) groups excluding carboxylic acids is 3. The molecule has 0 unspecified atom stereocenters. The molecule has 0 radical (unpaired) electrons. The number of rotatable bonds is 55. The van der Waals surface area contributed by atoms with Crippen molar-refractivity contribution < 1.29 is 23.9 Å². The third-order valence-electron chi connectivity index (χ3n) is 14.1. The predicted molar refractivity (Wildman–Crippen MR) is 286 cm³/mol. The van der Waals surface area contributed by atoms with E-state index < -0.39 is 12.1 Å². The predicted octanol–water partition coefficient (Wildman–Crippen LogP) is 19.5. The number of hydrogen-bond donors (Lipinski definition) is 1. The van der Waals surface area contributed by atoms with Crippen LogP contribution in [-0.2, 0) is 23.9 Å². The number of amides is 1. The van der Waals surface area contributed by atoms with Gasteiger partial charge in [-0.1, -0.05) is 297 Å². The lowest BCUT2D eigenvalue weighted by Gasteiger charge is -2.28. The molecule has 0 aromatic rings. The van der Waals surface area contributed by atoms with Gasteiger partial charge in [0.25, 0.3) is 0 Å². The Morgan fingerprint density at radius 2 is 0.576 bits per heavy atom. The Morgan fingerprint density at radius 3 is 0.894 bits per heavy atom. The lowest BCUT2D eigenvalue weighted by Crippen LogP contribution is -2.48. The topological polar surface area (TPSA) is 81.7 Å². The molecule has 392 valence electrons. The van der Waals surface area contributed by atoms with Crippen LogP contribution >= 0.6 is 0 Å². The van der Waals surface area contributed by atoms with E-state index in [1.54, 1.807) is 0 Å². The number of unbranched alkanes of at least 4 members (excludes halogenated alkanes) is 42. The fourth-order valence-electron chi connectivity index (χ4n) is 9.53. The average Bonchev–Trinajstić information content (AvgIpc) is 3.31. The fraction of sp³-hybridized carbons (Fsp3) is 0.950. The molecule has 66 heavy (non-hydrogen) atoms. The number of nitrogens with one attached hydrogen (secondary N) is 1. The standard InChI is InChI=1S/C60H117NO5/c1-5-9-13-17-21-25-27-29-30-32-34-38-40-44-48-52-58(62)61-56(55-65-59(63)53-49-45-41-35-23-19-15-11-7-3)57(66-60(64)54-50-46-42-36-24-20-16-12-8-4)51-47-43-39-37-33-31-28-26-22-18-14-10-6-2/h56-57H,5-55H2,1-4H3,(H,61,62)/t56-,57+/m0/s1. The number of ether oxygens (including phenoxy) is 2. The summed E-state index contributed by atoms with van der Waals surface area (Å²) in [6.45, 7) is 9.14. The molecule has 0 saturated heterocycles. The van der Waals surface area contributed by atoms with Gasteiger partial charge in [-0.2, -0.15) is 0 Å². The van der Waals surface area contributed by atoms with Gasteiger partial charge in [-0.25, -0.2) is 0 Å². The van der Waals surface area contributed by atoms with Gasteiger partial charge in [0, 0.05) is 19.3 Å². The van der Waals surface area contributed by atoms with Crippen molar-refractivity contribution in [3.05, 3.63) is 0 Å². The highest BCUT2D eigenvalue weighted by molar-refractivity contribution is 5.76. The summed E-state index contributed by atoms with van der Waals surface area (Å²) in [7, 11) is 0. The summed E-state index contributed by atoms with van der Waals surface area (Å²) in [5.74, 6) is -0.407. The van der Waals surface area contributed by atoms with Crippen molar-refractivity contribution in [2.45, 2.75) is 361 Å². The minimum absolute atomic E-state index is 0.0185. The van der Waals surface area contributed by atoms with Gasteiger partial charge in [0.2, 0.25) is 5.91 Å². The number of esters is 2. The van der Waals surface area contributed by atoms with Crippen LogP contribution in [0.2, 0.25) is 0 Å². The third kappa shape index (κ3) is 48.9. The second-order valence-corrected chi connectivity index (χ2v) is 20.8. The van der Waals surface area contributed by atoms with Crippen molar-refractivity contribution in [2.24, 2.45) is 0 Å². The first-order chi connectivity index (χ1) is 32.5. The van der Waals surface area contributed by atoms with Gasteiger partial charge in [-0.15, -0.1) is 0 Å². The second-order valence-electron chi connectivity index (χ2n) is 20.8. The van der Waals surface area contributed by atoms with Crippen molar-refractivity contribution in [3.8, 4) is 0 Å². The monoisotopic (exact) mass is 932 g/mol. The number of carbonyl (C=O) groups is 3. The molecule has 0 heterocycles. The highest BCUT2D eigenvalue weighted by Gasteiger charge is 2.28. The van der Waals surface area contributed by atoms with Gasteiger partial charge >= 0.3 is 11.9 Å². The van der Waals surface area contributed by atoms with Crippen LogP contribution in [0, 0.1) is 0 Å². The van der Waals surface area contributed by atoms with E-state index in [1.807, 2.05) is 0 Å². The molecule has 0 aromatic heterocycles. The Kier molecular flexibility index (Phi) is 53.0. The molecule has 6 nitrogen and oxygen atoms in total. The molecule has 2 atom stereocenters. The van der Waals surface area contributed by atoms with Gasteiger partial charge in [-0.05, 0) is 32.1 Å². The van der Waals surface area contributed by atoms with Crippen molar-refractivity contribution in [1.29, 1.82) is 0 Å². The Morgan fingerprint density at radius 1 is 0.318 bits per heavy atom. The van der Waals surface area contributed by atoms with E-state index in [0.29, 0.717) is 25.7 Å². The third-order valence-corrected chi connectivity index (χ3v) is 14.1. The Balaban J connectivity index is 5.20. The maximum Gasteiger partial charge on any atom is 0.306 e. The van der Waals surface area contributed by atoms with Crippen LogP contribution in [0.25, 0.3) is 0 Å². The van der Waals surface area contributed by atoms with E-state index >= 15 is 0 Å². The van der Waals surface area contributed by atoms with Crippen molar-refractivity contribution in [1.82, 2.24) is 5.32 Å². The first kappa shape index (κ1) is 64.4. The van der Waals surface area contributed by atoms with Crippen LogP contribution in [0.15, 0.2) is 0 Å². The zero-order valence-corrected chi connectivity index (χ0v) is 45.3. The van der Waals surface area contributed by atoms with Gasteiger partial charge in [0.05, 0.1) is 6.04 Å². The zero-order chi connectivity index (χ0) is 48.1. The lowest BCUT2D eigenvalue weighted by molar-refractivity contribution is -0.155. The van der Waals surface area contributed by atoms with Crippen molar-refractivity contribution in [3.63, 3.8) is 0 Å². The highest BCUT2D eigenvalue weighted by atomic mass is 16.6. The van der Waals surface area contributed by atoms with E-state index in [9.17, 15) is 14.4 Å². The van der Waals surface area contributed by atoms with E-state index in [2.05, 4.69) is 33.0 Å². The highest BCUT2D eigenvalue weighted by Crippen LogP contribution is 2.20. The molecule has 0 aliphatic heterocycles. The van der Waals surface area contributed by atoms with Crippen molar-refractivity contribution in [2.75, 3.05) is 6.61 Å². The van der Waals surface area contributed by atoms with Gasteiger partial charge in [0.15, 0.2) is 0 Å². The molecular weight excluding hydrogens is 815 g/mol. The largest absolute Gasteiger partial charge is 0.463 e. The minimum atomic E-state index is -0.523. The van der Waals surface area contributed by atoms with Crippen molar-refractivity contribution >= 4 is 17.8 Å². The molecule has 0 saturated carbocycles. The van der Waals surface area contributed by atoms with E-state index in [1.165, 1.54) is 231 Å². The lowest BCUT2D eigenvalue weighted by atomic mass is 10.0. The fourth-order valence-corrected chi connectivity index (χ4v) is 9.53. The smallest absolute Gasteiger partial charge is 0.306 e. The van der Waals surface area contributed by atoms with Crippen LogP contribution in [0.5, 0.6) is 0 Å². The second kappa shape index (κ2) is 54.4. The summed E-state index contributed by atoms with van der Waals surface area (Å²) in [5, 5.41) is 3.24. The SMILES string of the molecule is CCCCCCCCCCCCCCCCCC(=O)N[C@@H](COC(=O)CCCCCCCCCCC)[C@@H](CCCCCCCCCCCCCCC)OC(=O)CCCCCCCCCCC. The van der Waals surface area contributed by atoms with E-state index in [4.69, 9.17) is 9.47 Å². The van der Waals surface area contributed by atoms with Crippen LogP contribution < -0.4 is 5.32 Å². The van der Waals surface area contributed by atoms with Gasteiger partial charge < -0.3 is 14.8 Å². The Hall–Kier alpha value is -1.59. The first-order valence-corrected chi connectivity index (χ1v) is 30.1. The molecule has 0 aliphatic carbocycles. The molecule has 0 rings (SSSR count). The minimum Gasteiger partial charge on any atom is -0.463 e. The Labute approximate surface area is 413 Å². The molecule has 6 heteroatoms. The van der Waals surface area contributed by atoms with Crippen LogP contribution in [0.3, 0.4) is 0 Å². The summed E-state index contributed by atoms with van der Waals surface area (Å²) in [4.78, 5) is 40.0. The molecule has 0 aliphatic rings. The first-order valence-electron chi connectivity index (χ1n) is 30.1. The number of hydrogen-bond acceptors (Lipinski definition) is 5. The molecule has 0 aromatic carbocycles. The van der Waals surface area contributed by atoms with Crippen LogP contribution in [-0.4, -0.2) is 36.6 Å². The van der Waals surface area contributed by atoms with Crippen LogP contribution in [0.1, 0.15) is 349 Å². The summed E-state index contributed by atoms with van der Waals surface area (Å²) in [6, 6.07) is -0.523. The molecule has 0 spiro atoms. The quantitative estimate of drug-likeness (QED) is 0.0485. The van der Waals surface area contributed by atoms with Crippen LogP contribution in [0.4, 0.5) is 0 Å². The molecule has 0 fully saturated rings. The summed E-state index contributed by atoms with van der Waals surface area (Å²) in [5.41, 5.74) is 0. The molecular formula is C60H117NO5. The van der Waals surface area contributed by atoms with Gasteiger partial charge in [0.1, 0.15) is 12.7 Å². The Bertz CT molecular complexity index is 1000. The zero-order valence-electron chi connectivity index (χ0n) is 45.3. The maximum absolute atomic E-state index is 13.5. The summed E-state index contributed by atoms with van der Waals surface area (Å²) in [6.07, 6.45) is 59.0. The van der Waals surface area contributed by atoms with Gasteiger partial charge in [-0.3, -0.25) is 14.4 Å². The molecule has 1 N–H and O–H groups in total. The van der Waals surface area contributed by atoms with E-state index in [0.717, 1.165) is 64.2 Å². The maximum atomic E-state index is 13.5. The molecule has 0 bridgehead atoms. The summed E-state index contributed by atoms with van der Waals surface area (Å²) >= 11 is 0. The molecule has 1 amide bonds.